The summed E-state index contributed by atoms with van der Waals surface area (Å²) in [4.78, 5) is 0. The van der Waals surface area contributed by atoms with E-state index in [9.17, 15) is 0 Å². The van der Waals surface area contributed by atoms with Crippen molar-refractivity contribution in [2.45, 2.75) is 62.7 Å². The quantitative estimate of drug-likeness (QED) is 0.636. The highest BCUT2D eigenvalue weighted by atomic mass is 16.5. The molecule has 4 aliphatic rings. The van der Waals surface area contributed by atoms with Crippen LogP contribution in [0.4, 0.5) is 0 Å². The summed E-state index contributed by atoms with van der Waals surface area (Å²) < 4.78 is 6.50. The Bertz CT molecular complexity index is 274. The fourth-order valence-corrected chi connectivity index (χ4v) is 3.70. The summed E-state index contributed by atoms with van der Waals surface area (Å²) >= 11 is 0. The summed E-state index contributed by atoms with van der Waals surface area (Å²) in [5.41, 5.74) is 1.04. The van der Waals surface area contributed by atoms with Gasteiger partial charge in [0.1, 0.15) is 5.72 Å². The molecule has 0 atom stereocenters. The molecule has 14 heavy (non-hydrogen) atoms. The number of ether oxygens (including phenoxy) is 1. The third kappa shape index (κ3) is 0.772. The topological polar surface area (TPSA) is 21.3 Å². The normalized spacial score (nSPS) is 39.4. The Morgan fingerprint density at radius 2 is 1.57 bits per heavy atom. The second-order valence-corrected chi connectivity index (χ2v) is 5.93. The van der Waals surface area contributed by atoms with Crippen molar-refractivity contribution in [3.8, 4) is 0 Å². The van der Waals surface area contributed by atoms with Gasteiger partial charge in [-0.25, -0.2) is 0 Å². The van der Waals surface area contributed by atoms with E-state index in [4.69, 9.17) is 4.74 Å². The van der Waals surface area contributed by atoms with Crippen molar-refractivity contribution >= 4 is 0 Å². The Morgan fingerprint density at radius 3 is 2.00 bits per heavy atom. The van der Waals surface area contributed by atoms with E-state index in [1.165, 1.54) is 57.9 Å². The minimum absolute atomic E-state index is 0.133. The zero-order valence-electron chi connectivity index (χ0n) is 8.77. The molecule has 3 aliphatic carbocycles. The molecule has 0 aromatic carbocycles. The van der Waals surface area contributed by atoms with Crippen LogP contribution in [0.3, 0.4) is 0 Å². The van der Waals surface area contributed by atoms with Gasteiger partial charge in [0.2, 0.25) is 0 Å². The first kappa shape index (κ1) is 8.12. The fourth-order valence-electron chi connectivity index (χ4n) is 3.70. The van der Waals surface area contributed by atoms with Crippen LogP contribution < -0.4 is 5.32 Å². The third-order valence-corrected chi connectivity index (χ3v) is 5.28. The van der Waals surface area contributed by atoms with Crippen LogP contribution >= 0.6 is 0 Å². The molecular weight excluding hydrogens is 174 g/mol. The molecule has 1 heterocycles. The first-order valence-corrected chi connectivity index (χ1v) is 6.24. The molecule has 0 unspecified atom stereocenters. The Kier molecular flexibility index (Phi) is 1.27. The van der Waals surface area contributed by atoms with Gasteiger partial charge in [-0.15, -0.1) is 0 Å². The zero-order valence-corrected chi connectivity index (χ0v) is 8.77. The summed E-state index contributed by atoms with van der Waals surface area (Å²) in [6.07, 6.45) is 10.8. The molecule has 4 rings (SSSR count). The lowest BCUT2D eigenvalue weighted by Crippen LogP contribution is -2.69. The van der Waals surface area contributed by atoms with E-state index in [1.807, 2.05) is 0 Å². The summed E-state index contributed by atoms with van der Waals surface area (Å²) in [5.74, 6) is 0. The molecule has 2 nitrogen and oxygen atoms in total. The van der Waals surface area contributed by atoms with Gasteiger partial charge in [0.05, 0.1) is 5.60 Å². The van der Waals surface area contributed by atoms with Gasteiger partial charge >= 0.3 is 0 Å². The van der Waals surface area contributed by atoms with Crippen LogP contribution in [-0.4, -0.2) is 17.9 Å². The molecule has 1 aliphatic heterocycles. The molecule has 3 spiro atoms. The predicted octanol–water partition coefficient (Wildman–Crippen LogP) is 2.19. The van der Waals surface area contributed by atoms with E-state index in [2.05, 4.69) is 5.32 Å². The summed E-state index contributed by atoms with van der Waals surface area (Å²) in [5, 5.41) is 3.69. The molecule has 78 valence electrons. The lowest BCUT2D eigenvalue weighted by atomic mass is 9.66. The minimum Gasteiger partial charge on any atom is -0.354 e. The van der Waals surface area contributed by atoms with Crippen molar-refractivity contribution in [2.75, 3.05) is 6.54 Å². The van der Waals surface area contributed by atoms with E-state index < -0.39 is 0 Å². The standard InChI is InChI=1S/C12H19NO/c1-3-11(4-1)10(7-8-10)9-13-12(14-11)5-2-6-12/h13H,1-9H2. The fraction of sp³-hybridized carbons (Fsp3) is 1.00. The Morgan fingerprint density at radius 1 is 0.857 bits per heavy atom. The van der Waals surface area contributed by atoms with Crippen LogP contribution in [0.15, 0.2) is 0 Å². The number of rotatable bonds is 0. The van der Waals surface area contributed by atoms with Crippen LogP contribution in [0.25, 0.3) is 0 Å². The Labute approximate surface area is 85.4 Å². The van der Waals surface area contributed by atoms with Crippen LogP contribution in [0.2, 0.25) is 0 Å². The molecule has 2 heteroatoms. The molecule has 0 radical (unpaired) electrons. The predicted molar refractivity (Wildman–Crippen MR) is 53.9 cm³/mol. The van der Waals surface area contributed by atoms with Crippen LogP contribution in [0, 0.1) is 5.41 Å². The molecule has 1 saturated heterocycles. The minimum atomic E-state index is 0.133. The molecule has 0 aromatic heterocycles. The molecule has 0 aromatic rings. The smallest absolute Gasteiger partial charge is 0.120 e. The van der Waals surface area contributed by atoms with Gasteiger partial charge in [-0.05, 0) is 51.4 Å². The zero-order chi connectivity index (χ0) is 9.28. The molecule has 4 fully saturated rings. The van der Waals surface area contributed by atoms with Crippen LogP contribution in [0.1, 0.15) is 51.4 Å². The molecular formula is C12H19NO. The van der Waals surface area contributed by atoms with Crippen molar-refractivity contribution < 1.29 is 4.74 Å². The average molecular weight is 193 g/mol. The van der Waals surface area contributed by atoms with Gasteiger partial charge in [-0.2, -0.15) is 0 Å². The highest BCUT2D eigenvalue weighted by molar-refractivity contribution is 5.18. The maximum atomic E-state index is 6.50. The van der Waals surface area contributed by atoms with Gasteiger partial charge in [-0.1, -0.05) is 0 Å². The van der Waals surface area contributed by atoms with Crippen LogP contribution in [-0.2, 0) is 4.74 Å². The van der Waals surface area contributed by atoms with Crippen molar-refractivity contribution in [3.63, 3.8) is 0 Å². The Hall–Kier alpha value is -0.0800. The number of hydrogen-bond acceptors (Lipinski definition) is 2. The highest BCUT2D eigenvalue weighted by Gasteiger charge is 2.67. The van der Waals surface area contributed by atoms with Gasteiger partial charge in [0.15, 0.2) is 0 Å². The van der Waals surface area contributed by atoms with E-state index in [0.717, 1.165) is 0 Å². The monoisotopic (exact) mass is 193 g/mol. The van der Waals surface area contributed by atoms with Gasteiger partial charge < -0.3 is 4.74 Å². The lowest BCUT2D eigenvalue weighted by Gasteiger charge is -2.60. The third-order valence-electron chi connectivity index (χ3n) is 5.28. The van der Waals surface area contributed by atoms with E-state index in [1.54, 1.807) is 0 Å². The summed E-state index contributed by atoms with van der Waals surface area (Å²) in [6, 6.07) is 0. The largest absolute Gasteiger partial charge is 0.354 e. The molecule has 1 N–H and O–H groups in total. The van der Waals surface area contributed by atoms with Crippen molar-refractivity contribution in [1.82, 2.24) is 5.32 Å². The first-order chi connectivity index (χ1) is 6.79. The maximum absolute atomic E-state index is 6.50. The van der Waals surface area contributed by atoms with Crippen LogP contribution in [0.5, 0.6) is 0 Å². The van der Waals surface area contributed by atoms with Crippen molar-refractivity contribution in [2.24, 2.45) is 5.41 Å². The maximum Gasteiger partial charge on any atom is 0.120 e. The molecule has 0 amide bonds. The first-order valence-electron chi connectivity index (χ1n) is 6.24. The van der Waals surface area contributed by atoms with E-state index in [-0.39, 0.29) is 5.72 Å². The van der Waals surface area contributed by atoms with Gasteiger partial charge in [0.25, 0.3) is 0 Å². The van der Waals surface area contributed by atoms with Crippen molar-refractivity contribution in [3.05, 3.63) is 0 Å². The van der Waals surface area contributed by atoms with E-state index in [0.29, 0.717) is 11.0 Å². The SMILES string of the molecule is C1CC2(C1)NCC1(CC1)C1(CCC1)O2. The second-order valence-electron chi connectivity index (χ2n) is 5.93. The number of nitrogens with one attached hydrogen (secondary N) is 1. The summed E-state index contributed by atoms with van der Waals surface area (Å²) in [6.45, 7) is 1.24. The van der Waals surface area contributed by atoms with E-state index >= 15 is 0 Å². The van der Waals surface area contributed by atoms with Crippen molar-refractivity contribution in [1.29, 1.82) is 0 Å². The summed E-state index contributed by atoms with van der Waals surface area (Å²) in [7, 11) is 0. The number of fused-ring (bicyclic) bond motifs is 1. The molecule has 0 bridgehead atoms. The van der Waals surface area contributed by atoms with Gasteiger partial charge in [-0.3, -0.25) is 5.32 Å². The van der Waals surface area contributed by atoms with Gasteiger partial charge in [0, 0.05) is 12.0 Å². The number of hydrogen-bond donors (Lipinski definition) is 1. The Balaban J connectivity index is 1.65. The second kappa shape index (κ2) is 2.19. The average Bonchev–Trinajstić information content (AvgIpc) is 2.82. The highest BCUT2D eigenvalue weighted by Crippen LogP contribution is 2.66. The molecule has 3 saturated carbocycles. The lowest BCUT2D eigenvalue weighted by molar-refractivity contribution is -0.288.